The van der Waals surface area contributed by atoms with Crippen LogP contribution in [-0.2, 0) is 6.18 Å². The van der Waals surface area contributed by atoms with Crippen LogP contribution in [0.25, 0.3) is 5.69 Å². The van der Waals surface area contributed by atoms with Gasteiger partial charge in [-0.25, -0.2) is 4.68 Å². The van der Waals surface area contributed by atoms with E-state index in [0.29, 0.717) is 36.4 Å². The van der Waals surface area contributed by atoms with E-state index in [0.717, 1.165) is 23.7 Å². The Hall–Kier alpha value is -3.82. The van der Waals surface area contributed by atoms with Crippen molar-refractivity contribution in [2.75, 3.05) is 6.61 Å². The first-order valence-corrected chi connectivity index (χ1v) is 11.8. The SMILES string of the molecule is CCOc1ccc(C(=O)NC2CCCCC2NC(=O)c2cn(-c3ccccc3)nc2C(F)(F)F)cc1. The van der Waals surface area contributed by atoms with Crippen LogP contribution < -0.4 is 15.4 Å². The highest BCUT2D eigenvalue weighted by molar-refractivity contribution is 5.96. The van der Waals surface area contributed by atoms with E-state index < -0.39 is 35.4 Å². The van der Waals surface area contributed by atoms with Crippen LogP contribution >= 0.6 is 0 Å². The summed E-state index contributed by atoms with van der Waals surface area (Å²) >= 11 is 0. The number of carbonyl (C=O) groups excluding carboxylic acids is 2. The largest absolute Gasteiger partial charge is 0.494 e. The van der Waals surface area contributed by atoms with Crippen LogP contribution in [-0.4, -0.2) is 40.3 Å². The van der Waals surface area contributed by atoms with Crippen molar-refractivity contribution in [1.82, 2.24) is 20.4 Å². The molecule has 3 aromatic rings. The Morgan fingerprint density at radius 2 is 1.58 bits per heavy atom. The summed E-state index contributed by atoms with van der Waals surface area (Å²) in [5, 5.41) is 9.29. The van der Waals surface area contributed by atoms with Crippen molar-refractivity contribution >= 4 is 11.8 Å². The summed E-state index contributed by atoms with van der Waals surface area (Å²) < 4.78 is 47.6. The molecule has 2 unspecified atom stereocenters. The van der Waals surface area contributed by atoms with Crippen LogP contribution in [0.1, 0.15) is 59.0 Å². The molecule has 1 fully saturated rings. The molecule has 190 valence electrons. The van der Waals surface area contributed by atoms with Crippen molar-refractivity contribution in [3.63, 3.8) is 0 Å². The van der Waals surface area contributed by atoms with E-state index in [1.54, 1.807) is 54.6 Å². The van der Waals surface area contributed by atoms with E-state index in [-0.39, 0.29) is 5.91 Å². The van der Waals surface area contributed by atoms with E-state index in [4.69, 9.17) is 4.74 Å². The molecule has 0 saturated heterocycles. The maximum atomic E-state index is 13.7. The van der Waals surface area contributed by atoms with E-state index in [1.807, 2.05) is 6.92 Å². The van der Waals surface area contributed by atoms with Crippen molar-refractivity contribution in [3.8, 4) is 11.4 Å². The number of alkyl halides is 3. The maximum absolute atomic E-state index is 13.7. The third-order valence-electron chi connectivity index (χ3n) is 6.07. The molecule has 2 aromatic carbocycles. The molecule has 4 rings (SSSR count). The van der Waals surface area contributed by atoms with Crippen molar-refractivity contribution in [2.24, 2.45) is 0 Å². The normalized spacial score (nSPS) is 17.9. The van der Waals surface area contributed by atoms with Gasteiger partial charge in [0.15, 0.2) is 5.69 Å². The van der Waals surface area contributed by atoms with Gasteiger partial charge in [0.05, 0.1) is 17.9 Å². The minimum Gasteiger partial charge on any atom is -0.494 e. The number of nitrogens with zero attached hydrogens (tertiary/aromatic N) is 2. The Morgan fingerprint density at radius 3 is 2.17 bits per heavy atom. The van der Waals surface area contributed by atoms with E-state index in [1.165, 1.54) is 0 Å². The van der Waals surface area contributed by atoms with Gasteiger partial charge in [-0.15, -0.1) is 0 Å². The molecule has 0 radical (unpaired) electrons. The van der Waals surface area contributed by atoms with Crippen LogP contribution in [0, 0.1) is 0 Å². The second-order valence-electron chi connectivity index (χ2n) is 8.57. The zero-order valence-corrected chi connectivity index (χ0v) is 19.7. The van der Waals surface area contributed by atoms with Crippen LogP contribution in [0.5, 0.6) is 5.75 Å². The molecule has 2 atom stereocenters. The molecule has 1 heterocycles. The Labute approximate surface area is 206 Å². The molecule has 1 aliphatic carbocycles. The fourth-order valence-corrected chi connectivity index (χ4v) is 4.31. The lowest BCUT2D eigenvalue weighted by Crippen LogP contribution is -2.53. The molecule has 7 nitrogen and oxygen atoms in total. The molecule has 10 heteroatoms. The zero-order valence-electron chi connectivity index (χ0n) is 19.7. The topological polar surface area (TPSA) is 85.3 Å². The number of para-hydroxylation sites is 1. The average molecular weight is 501 g/mol. The number of halogens is 3. The van der Waals surface area contributed by atoms with Crippen molar-refractivity contribution < 1.29 is 27.5 Å². The number of aromatic nitrogens is 2. The van der Waals surface area contributed by atoms with Crippen LogP contribution in [0.3, 0.4) is 0 Å². The van der Waals surface area contributed by atoms with E-state index >= 15 is 0 Å². The Balaban J connectivity index is 1.50. The minimum atomic E-state index is -4.81. The molecular formula is C26H27F3N4O3. The van der Waals surface area contributed by atoms with Crippen LogP contribution in [0.4, 0.5) is 13.2 Å². The van der Waals surface area contributed by atoms with E-state index in [9.17, 15) is 22.8 Å². The van der Waals surface area contributed by atoms with Crippen molar-refractivity contribution in [1.29, 1.82) is 0 Å². The highest BCUT2D eigenvalue weighted by Gasteiger charge is 2.40. The summed E-state index contributed by atoms with van der Waals surface area (Å²) in [7, 11) is 0. The molecule has 0 bridgehead atoms. The molecule has 0 spiro atoms. The Kier molecular flexibility index (Phi) is 7.61. The number of carbonyl (C=O) groups is 2. The first kappa shape index (κ1) is 25.3. The number of amides is 2. The molecule has 2 amide bonds. The highest BCUT2D eigenvalue weighted by atomic mass is 19.4. The summed E-state index contributed by atoms with van der Waals surface area (Å²) in [5.41, 5.74) is -0.985. The van der Waals surface area contributed by atoms with Gasteiger partial charge in [-0.05, 0) is 56.2 Å². The molecular weight excluding hydrogens is 473 g/mol. The molecule has 1 aromatic heterocycles. The predicted molar refractivity (Wildman–Crippen MR) is 127 cm³/mol. The molecule has 0 aliphatic heterocycles. The Morgan fingerprint density at radius 1 is 0.972 bits per heavy atom. The number of nitrogens with one attached hydrogen (secondary N) is 2. The van der Waals surface area contributed by atoms with Crippen LogP contribution in [0.2, 0.25) is 0 Å². The third-order valence-corrected chi connectivity index (χ3v) is 6.07. The lowest BCUT2D eigenvalue weighted by molar-refractivity contribution is -0.141. The van der Waals surface area contributed by atoms with Crippen molar-refractivity contribution in [3.05, 3.63) is 77.6 Å². The smallest absolute Gasteiger partial charge is 0.435 e. The van der Waals surface area contributed by atoms with Gasteiger partial charge in [0.25, 0.3) is 11.8 Å². The molecule has 1 aliphatic rings. The lowest BCUT2D eigenvalue weighted by atomic mass is 9.89. The fraction of sp³-hybridized carbons (Fsp3) is 0.346. The second-order valence-corrected chi connectivity index (χ2v) is 8.57. The standard InChI is InChI=1S/C26H27F3N4O3/c1-2-36-19-14-12-17(13-15-19)24(34)30-21-10-6-7-11-22(21)31-25(35)20-16-33(18-8-4-3-5-9-18)32-23(20)26(27,28)29/h3-5,8-9,12-16,21-22H,2,6-7,10-11H2,1H3,(H,30,34)(H,31,35). The minimum absolute atomic E-state index is 0.322. The van der Waals surface area contributed by atoms with Gasteiger partial charge in [0, 0.05) is 23.8 Å². The highest BCUT2D eigenvalue weighted by Crippen LogP contribution is 2.32. The first-order chi connectivity index (χ1) is 17.3. The zero-order chi connectivity index (χ0) is 25.7. The number of hydrogen-bond acceptors (Lipinski definition) is 4. The summed E-state index contributed by atoms with van der Waals surface area (Å²) in [5.74, 6) is -0.554. The van der Waals surface area contributed by atoms with Gasteiger partial charge in [-0.2, -0.15) is 18.3 Å². The fourth-order valence-electron chi connectivity index (χ4n) is 4.31. The summed E-state index contributed by atoms with van der Waals surface area (Å²) in [6, 6.07) is 14.0. The quantitative estimate of drug-likeness (QED) is 0.490. The van der Waals surface area contributed by atoms with Gasteiger partial charge in [0.1, 0.15) is 5.75 Å². The summed E-state index contributed by atoms with van der Waals surface area (Å²) in [6.07, 6.45) is -0.961. The molecule has 1 saturated carbocycles. The first-order valence-electron chi connectivity index (χ1n) is 11.8. The number of rotatable bonds is 7. The maximum Gasteiger partial charge on any atom is 0.435 e. The second kappa shape index (κ2) is 10.8. The predicted octanol–water partition coefficient (Wildman–Crippen LogP) is 4.76. The number of hydrogen-bond donors (Lipinski definition) is 2. The van der Waals surface area contributed by atoms with E-state index in [2.05, 4.69) is 15.7 Å². The Bertz CT molecular complexity index is 1190. The monoisotopic (exact) mass is 500 g/mol. The van der Waals surface area contributed by atoms with Gasteiger partial charge in [-0.1, -0.05) is 31.0 Å². The summed E-state index contributed by atoms with van der Waals surface area (Å²) in [6.45, 7) is 2.37. The lowest BCUT2D eigenvalue weighted by Gasteiger charge is -2.32. The average Bonchev–Trinajstić information content (AvgIpc) is 3.33. The number of ether oxygens (including phenoxy) is 1. The van der Waals surface area contributed by atoms with Gasteiger partial charge < -0.3 is 15.4 Å². The molecule has 36 heavy (non-hydrogen) atoms. The van der Waals surface area contributed by atoms with Gasteiger partial charge >= 0.3 is 6.18 Å². The third kappa shape index (κ3) is 5.87. The van der Waals surface area contributed by atoms with Gasteiger partial charge in [-0.3, -0.25) is 9.59 Å². The van der Waals surface area contributed by atoms with Crippen molar-refractivity contribution in [2.45, 2.75) is 50.9 Å². The summed E-state index contributed by atoms with van der Waals surface area (Å²) in [4.78, 5) is 25.8. The number of benzene rings is 2. The van der Waals surface area contributed by atoms with Crippen LogP contribution in [0.15, 0.2) is 60.8 Å². The molecule has 2 N–H and O–H groups in total. The van der Waals surface area contributed by atoms with Gasteiger partial charge in [0.2, 0.25) is 0 Å².